The lowest BCUT2D eigenvalue weighted by Crippen LogP contribution is -2.38. The first-order valence-electron chi connectivity index (χ1n) is 7.06. The van der Waals surface area contributed by atoms with Gasteiger partial charge >= 0.3 is 0 Å². The van der Waals surface area contributed by atoms with Crippen LogP contribution in [0, 0.1) is 5.82 Å². The molecule has 1 aliphatic rings. The third kappa shape index (κ3) is 1.94. The highest BCUT2D eigenvalue weighted by Gasteiger charge is 2.35. The highest BCUT2D eigenvalue weighted by Crippen LogP contribution is 2.41. The van der Waals surface area contributed by atoms with Crippen molar-refractivity contribution in [2.45, 2.75) is 51.1 Å². The van der Waals surface area contributed by atoms with Gasteiger partial charge in [0.25, 0.3) is 0 Å². The Kier molecular flexibility index (Phi) is 2.86. The molecule has 3 rings (SSSR count). The lowest BCUT2D eigenvalue weighted by Gasteiger charge is -2.27. The van der Waals surface area contributed by atoms with E-state index < -0.39 is 5.54 Å². The van der Waals surface area contributed by atoms with Crippen molar-refractivity contribution in [1.29, 1.82) is 0 Å². The number of hydrogen-bond acceptors (Lipinski definition) is 2. The Morgan fingerprint density at radius 2 is 2.05 bits per heavy atom. The van der Waals surface area contributed by atoms with Crippen LogP contribution in [-0.4, -0.2) is 9.55 Å². The minimum atomic E-state index is -0.419. The monoisotopic (exact) mass is 261 g/mol. The molecule has 19 heavy (non-hydrogen) atoms. The molecule has 1 aromatic carbocycles. The van der Waals surface area contributed by atoms with E-state index in [2.05, 4.69) is 18.4 Å². The molecule has 1 aliphatic carbocycles. The Morgan fingerprint density at radius 3 is 2.63 bits per heavy atom. The van der Waals surface area contributed by atoms with Crippen molar-refractivity contribution >= 4 is 11.0 Å². The van der Waals surface area contributed by atoms with Crippen LogP contribution in [0.15, 0.2) is 18.2 Å². The highest BCUT2D eigenvalue weighted by molar-refractivity contribution is 5.76. The number of nitrogens with zero attached hydrogens (tertiary/aromatic N) is 2. The first-order valence-corrected chi connectivity index (χ1v) is 7.06. The zero-order valence-electron chi connectivity index (χ0n) is 11.5. The van der Waals surface area contributed by atoms with Gasteiger partial charge in [-0.05, 0) is 43.9 Å². The molecule has 0 spiro atoms. The Hall–Kier alpha value is -1.42. The number of fused-ring (bicyclic) bond motifs is 1. The first-order chi connectivity index (χ1) is 9.09. The highest BCUT2D eigenvalue weighted by atomic mass is 19.1. The second kappa shape index (κ2) is 4.30. The summed E-state index contributed by atoms with van der Waals surface area (Å²) in [6.45, 7) is 4.17. The second-order valence-electron chi connectivity index (χ2n) is 5.53. The van der Waals surface area contributed by atoms with E-state index in [9.17, 15) is 4.39 Å². The van der Waals surface area contributed by atoms with Gasteiger partial charge in [0.1, 0.15) is 11.6 Å². The van der Waals surface area contributed by atoms with E-state index >= 15 is 0 Å². The fraction of sp³-hybridized carbons (Fsp3) is 0.533. The number of imidazole rings is 1. The number of halogens is 1. The Bertz CT molecular complexity index is 609. The van der Waals surface area contributed by atoms with E-state index in [-0.39, 0.29) is 5.82 Å². The SMILES string of the molecule is CCC(N)(CC)c1nc2ccc(F)cc2n1C1CC1. The molecule has 0 atom stereocenters. The Morgan fingerprint density at radius 1 is 1.37 bits per heavy atom. The average Bonchev–Trinajstić information content (AvgIpc) is 3.18. The van der Waals surface area contributed by atoms with Crippen LogP contribution in [0.5, 0.6) is 0 Å². The largest absolute Gasteiger partial charge is 0.323 e. The van der Waals surface area contributed by atoms with Gasteiger partial charge in [-0.25, -0.2) is 9.37 Å². The lowest BCUT2D eigenvalue weighted by atomic mass is 9.93. The summed E-state index contributed by atoms with van der Waals surface area (Å²) in [7, 11) is 0. The summed E-state index contributed by atoms with van der Waals surface area (Å²) in [6, 6.07) is 5.24. The van der Waals surface area contributed by atoms with Crippen LogP contribution in [0.2, 0.25) is 0 Å². The van der Waals surface area contributed by atoms with Gasteiger partial charge in [-0.3, -0.25) is 0 Å². The van der Waals surface area contributed by atoms with Crippen LogP contribution in [0.4, 0.5) is 4.39 Å². The minimum Gasteiger partial charge on any atom is -0.323 e. The first kappa shape index (κ1) is 12.6. The molecule has 4 heteroatoms. The summed E-state index contributed by atoms with van der Waals surface area (Å²) in [4.78, 5) is 4.70. The second-order valence-corrected chi connectivity index (χ2v) is 5.53. The van der Waals surface area contributed by atoms with Crippen LogP contribution >= 0.6 is 0 Å². The third-order valence-electron chi connectivity index (χ3n) is 4.27. The Labute approximate surface area is 112 Å². The quantitative estimate of drug-likeness (QED) is 0.915. The molecular formula is C15H20FN3. The van der Waals surface area contributed by atoms with Crippen molar-refractivity contribution in [1.82, 2.24) is 9.55 Å². The molecule has 1 aromatic heterocycles. The molecule has 2 N–H and O–H groups in total. The topological polar surface area (TPSA) is 43.8 Å². The average molecular weight is 261 g/mol. The number of nitrogens with two attached hydrogens (primary N) is 1. The van der Waals surface area contributed by atoms with E-state index in [1.807, 2.05) is 0 Å². The molecule has 0 saturated heterocycles. The molecule has 3 nitrogen and oxygen atoms in total. The van der Waals surface area contributed by atoms with E-state index in [1.54, 1.807) is 12.1 Å². The molecule has 102 valence electrons. The molecule has 0 amide bonds. The molecule has 0 unspecified atom stereocenters. The molecule has 1 saturated carbocycles. The molecular weight excluding hydrogens is 241 g/mol. The smallest absolute Gasteiger partial charge is 0.130 e. The maximum atomic E-state index is 13.5. The van der Waals surface area contributed by atoms with Crippen molar-refractivity contribution in [2.24, 2.45) is 5.73 Å². The van der Waals surface area contributed by atoms with Crippen LogP contribution in [-0.2, 0) is 5.54 Å². The van der Waals surface area contributed by atoms with Crippen molar-refractivity contribution < 1.29 is 4.39 Å². The van der Waals surface area contributed by atoms with E-state index in [4.69, 9.17) is 10.7 Å². The van der Waals surface area contributed by atoms with Gasteiger partial charge in [-0.2, -0.15) is 0 Å². The standard InChI is InChI=1S/C15H20FN3/c1-3-15(17,4-2)14-18-12-8-5-10(16)9-13(12)19(14)11-6-7-11/h5,8-9,11H,3-4,6-7,17H2,1-2H3. The van der Waals surface area contributed by atoms with Crippen LogP contribution < -0.4 is 5.73 Å². The van der Waals surface area contributed by atoms with Gasteiger partial charge in [-0.1, -0.05) is 13.8 Å². The van der Waals surface area contributed by atoms with Gasteiger partial charge in [0.2, 0.25) is 0 Å². The summed E-state index contributed by atoms with van der Waals surface area (Å²) >= 11 is 0. The van der Waals surface area contributed by atoms with Gasteiger partial charge < -0.3 is 10.3 Å². The predicted molar refractivity (Wildman–Crippen MR) is 74.4 cm³/mol. The summed E-state index contributed by atoms with van der Waals surface area (Å²) in [5.74, 6) is 0.706. The summed E-state index contributed by atoms with van der Waals surface area (Å²) < 4.78 is 15.7. The predicted octanol–water partition coefficient (Wildman–Crippen LogP) is 3.48. The van der Waals surface area contributed by atoms with Crippen molar-refractivity contribution in [3.63, 3.8) is 0 Å². The van der Waals surface area contributed by atoms with Gasteiger partial charge in [0, 0.05) is 6.04 Å². The van der Waals surface area contributed by atoms with Crippen LogP contribution in [0.1, 0.15) is 51.4 Å². The van der Waals surface area contributed by atoms with Crippen molar-refractivity contribution in [3.05, 3.63) is 29.8 Å². The van der Waals surface area contributed by atoms with Crippen LogP contribution in [0.25, 0.3) is 11.0 Å². The van der Waals surface area contributed by atoms with E-state index in [0.29, 0.717) is 6.04 Å². The zero-order valence-corrected chi connectivity index (χ0v) is 11.5. The van der Waals surface area contributed by atoms with Crippen molar-refractivity contribution in [3.8, 4) is 0 Å². The molecule has 1 heterocycles. The van der Waals surface area contributed by atoms with E-state index in [0.717, 1.165) is 42.5 Å². The zero-order chi connectivity index (χ0) is 13.6. The van der Waals surface area contributed by atoms with Gasteiger partial charge in [0.15, 0.2) is 0 Å². The molecule has 1 fully saturated rings. The summed E-state index contributed by atoms with van der Waals surface area (Å²) in [6.07, 6.45) is 3.95. The lowest BCUT2D eigenvalue weighted by molar-refractivity contribution is 0.371. The number of aromatic nitrogens is 2. The maximum absolute atomic E-state index is 13.5. The number of rotatable bonds is 4. The van der Waals surface area contributed by atoms with Crippen molar-refractivity contribution in [2.75, 3.05) is 0 Å². The fourth-order valence-electron chi connectivity index (χ4n) is 2.69. The summed E-state index contributed by atoms with van der Waals surface area (Å²) in [5.41, 5.74) is 7.82. The Balaban J connectivity index is 2.26. The van der Waals surface area contributed by atoms with Gasteiger partial charge in [-0.15, -0.1) is 0 Å². The molecule has 0 radical (unpaired) electrons. The molecule has 0 aliphatic heterocycles. The van der Waals surface area contributed by atoms with Gasteiger partial charge in [0.05, 0.1) is 16.6 Å². The third-order valence-corrected chi connectivity index (χ3v) is 4.27. The normalized spacial score (nSPS) is 16.2. The fourth-order valence-corrected chi connectivity index (χ4v) is 2.69. The number of hydrogen-bond donors (Lipinski definition) is 1. The summed E-state index contributed by atoms with van der Waals surface area (Å²) in [5, 5.41) is 0. The van der Waals surface area contributed by atoms with Crippen LogP contribution in [0.3, 0.4) is 0 Å². The number of benzene rings is 1. The molecule has 2 aromatic rings. The maximum Gasteiger partial charge on any atom is 0.130 e. The molecule has 0 bridgehead atoms. The van der Waals surface area contributed by atoms with E-state index in [1.165, 1.54) is 6.07 Å². The minimum absolute atomic E-state index is 0.212.